The fourth-order valence-electron chi connectivity index (χ4n) is 2.96. The summed E-state index contributed by atoms with van der Waals surface area (Å²) in [4.78, 5) is 27.3. The van der Waals surface area contributed by atoms with E-state index in [0.29, 0.717) is 12.2 Å². The summed E-state index contributed by atoms with van der Waals surface area (Å²) < 4.78 is 44.7. The van der Waals surface area contributed by atoms with Crippen LogP contribution in [0.15, 0.2) is 60.8 Å². The van der Waals surface area contributed by atoms with E-state index >= 15 is 0 Å². The average molecular weight is 478 g/mol. The summed E-state index contributed by atoms with van der Waals surface area (Å²) in [7, 11) is 0. The Morgan fingerprint density at radius 2 is 1.85 bits per heavy atom. The van der Waals surface area contributed by atoms with Crippen LogP contribution in [0.4, 0.5) is 13.2 Å². The van der Waals surface area contributed by atoms with E-state index in [1.807, 2.05) is 6.07 Å². The molecule has 0 atom stereocenters. The third-order valence-electron chi connectivity index (χ3n) is 4.61. The lowest BCUT2D eigenvalue weighted by Crippen LogP contribution is -2.26. The molecule has 0 aliphatic rings. The number of nitrogens with zero attached hydrogens (tertiary/aromatic N) is 1. The summed E-state index contributed by atoms with van der Waals surface area (Å²) in [5.74, 6) is -0.689. The Kier molecular flexibility index (Phi) is 7.55. The van der Waals surface area contributed by atoms with Crippen molar-refractivity contribution in [2.45, 2.75) is 19.2 Å². The molecule has 6 nitrogen and oxygen atoms in total. The molecule has 0 saturated heterocycles. The Morgan fingerprint density at radius 3 is 2.58 bits per heavy atom. The molecule has 2 amide bonds. The molecule has 1 aromatic heterocycles. The predicted molar refractivity (Wildman–Crippen MR) is 116 cm³/mol. The number of alkyl halides is 3. The van der Waals surface area contributed by atoms with Gasteiger partial charge in [0.1, 0.15) is 18.1 Å². The first-order chi connectivity index (χ1) is 15.6. The molecule has 2 aromatic carbocycles. The number of carbonyl (C=O) groups excluding carboxylic acids is 2. The van der Waals surface area contributed by atoms with Crippen LogP contribution in [0.5, 0.6) is 5.75 Å². The summed E-state index contributed by atoms with van der Waals surface area (Å²) in [6.45, 7) is 0.402. The quantitative estimate of drug-likeness (QED) is 0.502. The standard InChI is InChI=1S/C23H19ClF3N3O3/c24-19-5-4-16(12-18(19)23(25,26)27)22(32)30-9-6-14-2-1-3-17(10-14)33-13-15-7-8-29-20(11-15)21(28)31/h1-5,7-8,10-12H,6,9,13H2,(H2,28,31)(H,30,32). The van der Waals surface area contributed by atoms with Gasteiger partial charge in [-0.1, -0.05) is 23.7 Å². The van der Waals surface area contributed by atoms with Gasteiger partial charge >= 0.3 is 6.18 Å². The van der Waals surface area contributed by atoms with Crippen molar-refractivity contribution in [2.24, 2.45) is 5.73 Å². The first-order valence-electron chi connectivity index (χ1n) is 9.75. The number of carbonyl (C=O) groups is 2. The summed E-state index contributed by atoms with van der Waals surface area (Å²) in [5, 5.41) is 2.13. The zero-order valence-corrected chi connectivity index (χ0v) is 17.9. The molecule has 0 aliphatic carbocycles. The number of aromatic nitrogens is 1. The molecular weight excluding hydrogens is 459 g/mol. The van der Waals surface area contributed by atoms with Gasteiger partial charge in [-0.05, 0) is 60.0 Å². The molecule has 0 spiro atoms. The van der Waals surface area contributed by atoms with Gasteiger partial charge in [0, 0.05) is 18.3 Å². The summed E-state index contributed by atoms with van der Waals surface area (Å²) in [6.07, 6.45) is -2.74. The topological polar surface area (TPSA) is 94.3 Å². The van der Waals surface area contributed by atoms with Crippen LogP contribution in [0.25, 0.3) is 0 Å². The molecule has 172 valence electrons. The number of nitrogens with one attached hydrogen (secondary N) is 1. The lowest BCUT2D eigenvalue weighted by molar-refractivity contribution is -0.137. The molecule has 0 aliphatic heterocycles. The summed E-state index contributed by atoms with van der Waals surface area (Å²) in [6, 6.07) is 13.4. The maximum atomic E-state index is 13.0. The van der Waals surface area contributed by atoms with E-state index < -0.39 is 28.6 Å². The van der Waals surface area contributed by atoms with Crippen molar-refractivity contribution in [2.75, 3.05) is 6.54 Å². The minimum Gasteiger partial charge on any atom is -0.489 e. The number of rotatable bonds is 8. The molecule has 0 unspecified atom stereocenters. The van der Waals surface area contributed by atoms with Gasteiger partial charge in [0.25, 0.3) is 11.8 Å². The average Bonchev–Trinajstić information content (AvgIpc) is 2.77. The van der Waals surface area contributed by atoms with E-state index in [4.69, 9.17) is 22.1 Å². The maximum absolute atomic E-state index is 13.0. The van der Waals surface area contributed by atoms with Gasteiger partial charge in [0.2, 0.25) is 0 Å². The highest BCUT2D eigenvalue weighted by Gasteiger charge is 2.33. The van der Waals surface area contributed by atoms with Crippen LogP contribution in [-0.2, 0) is 19.2 Å². The second kappa shape index (κ2) is 10.4. The molecule has 33 heavy (non-hydrogen) atoms. The second-order valence-corrected chi connectivity index (χ2v) is 7.46. The van der Waals surface area contributed by atoms with Crippen LogP contribution in [0.3, 0.4) is 0 Å². The van der Waals surface area contributed by atoms with Crippen LogP contribution in [0.1, 0.15) is 37.5 Å². The summed E-state index contributed by atoms with van der Waals surface area (Å²) >= 11 is 5.58. The van der Waals surface area contributed by atoms with E-state index in [2.05, 4.69) is 10.3 Å². The number of benzene rings is 2. The zero-order chi connectivity index (χ0) is 24.0. The third-order valence-corrected chi connectivity index (χ3v) is 4.94. The minimum absolute atomic E-state index is 0.128. The van der Waals surface area contributed by atoms with Crippen molar-refractivity contribution in [1.82, 2.24) is 10.3 Å². The van der Waals surface area contributed by atoms with Crippen LogP contribution in [0, 0.1) is 0 Å². The zero-order valence-electron chi connectivity index (χ0n) is 17.2. The van der Waals surface area contributed by atoms with Crippen molar-refractivity contribution >= 4 is 23.4 Å². The fourth-order valence-corrected chi connectivity index (χ4v) is 3.19. The predicted octanol–water partition coefficient (Wildman–Crippen LogP) is 4.40. The largest absolute Gasteiger partial charge is 0.489 e. The number of amides is 2. The molecule has 3 N–H and O–H groups in total. The van der Waals surface area contributed by atoms with Crippen molar-refractivity contribution in [3.63, 3.8) is 0 Å². The SMILES string of the molecule is NC(=O)c1cc(COc2cccc(CCNC(=O)c3ccc(Cl)c(C(F)(F)F)c3)c2)ccn1. The Morgan fingerprint density at radius 1 is 1.06 bits per heavy atom. The van der Waals surface area contributed by atoms with Crippen molar-refractivity contribution < 1.29 is 27.5 Å². The Bertz CT molecular complexity index is 1170. The van der Waals surface area contributed by atoms with E-state index in [9.17, 15) is 22.8 Å². The number of ether oxygens (including phenoxy) is 1. The lowest BCUT2D eigenvalue weighted by atomic mass is 10.1. The minimum atomic E-state index is -4.65. The molecule has 0 bridgehead atoms. The van der Waals surface area contributed by atoms with Gasteiger partial charge in [0.05, 0.1) is 10.6 Å². The highest BCUT2D eigenvalue weighted by Crippen LogP contribution is 2.35. The first-order valence-corrected chi connectivity index (χ1v) is 10.1. The molecule has 0 radical (unpaired) electrons. The van der Waals surface area contributed by atoms with Gasteiger partial charge in [-0.25, -0.2) is 0 Å². The highest BCUT2D eigenvalue weighted by atomic mass is 35.5. The number of halogens is 4. The Balaban J connectivity index is 1.55. The summed E-state index contributed by atoms with van der Waals surface area (Å²) in [5.41, 5.74) is 5.75. The van der Waals surface area contributed by atoms with Gasteiger partial charge in [-0.2, -0.15) is 13.2 Å². The van der Waals surface area contributed by atoms with Gasteiger partial charge < -0.3 is 15.8 Å². The lowest BCUT2D eigenvalue weighted by Gasteiger charge is -2.11. The van der Waals surface area contributed by atoms with Crippen molar-refractivity contribution in [3.05, 3.63) is 93.8 Å². The molecule has 1 heterocycles. The third kappa shape index (κ3) is 6.69. The highest BCUT2D eigenvalue weighted by molar-refractivity contribution is 6.31. The number of pyridine rings is 1. The van der Waals surface area contributed by atoms with Crippen LogP contribution in [0.2, 0.25) is 5.02 Å². The first kappa shape index (κ1) is 24.1. The molecule has 10 heteroatoms. The maximum Gasteiger partial charge on any atom is 0.417 e. The second-order valence-electron chi connectivity index (χ2n) is 7.05. The van der Waals surface area contributed by atoms with E-state index in [-0.39, 0.29) is 24.4 Å². The number of primary amides is 1. The number of hydrogen-bond donors (Lipinski definition) is 2. The molecular formula is C23H19ClF3N3O3. The molecule has 0 fully saturated rings. The number of nitrogens with two attached hydrogens (primary N) is 1. The van der Waals surface area contributed by atoms with E-state index in [1.165, 1.54) is 12.3 Å². The number of hydrogen-bond acceptors (Lipinski definition) is 4. The molecule has 3 rings (SSSR count). The van der Waals surface area contributed by atoms with Gasteiger partial charge in [-0.15, -0.1) is 0 Å². The molecule has 0 saturated carbocycles. The van der Waals surface area contributed by atoms with E-state index in [1.54, 1.807) is 30.3 Å². The molecule has 3 aromatic rings. The van der Waals surface area contributed by atoms with Gasteiger partial charge in [0.15, 0.2) is 0 Å². The Hall–Kier alpha value is -3.59. The monoisotopic (exact) mass is 477 g/mol. The van der Waals surface area contributed by atoms with Crippen LogP contribution in [-0.4, -0.2) is 23.3 Å². The van der Waals surface area contributed by atoms with Crippen molar-refractivity contribution in [3.8, 4) is 5.75 Å². The fraction of sp³-hybridized carbons (Fsp3) is 0.174. The van der Waals surface area contributed by atoms with Crippen LogP contribution >= 0.6 is 11.6 Å². The van der Waals surface area contributed by atoms with E-state index in [0.717, 1.165) is 23.3 Å². The normalized spacial score (nSPS) is 11.2. The van der Waals surface area contributed by atoms with Crippen molar-refractivity contribution in [1.29, 1.82) is 0 Å². The Labute approximate surface area is 192 Å². The smallest absolute Gasteiger partial charge is 0.417 e. The van der Waals surface area contributed by atoms with Gasteiger partial charge in [-0.3, -0.25) is 14.6 Å². The van der Waals surface area contributed by atoms with Crippen LogP contribution < -0.4 is 15.8 Å².